The maximum Gasteiger partial charge on any atom is 0.322 e. The minimum Gasteiger partial charge on any atom is -0.480 e. The molecule has 1 aromatic carbocycles. The lowest BCUT2D eigenvalue weighted by Crippen LogP contribution is -2.54. The van der Waals surface area contributed by atoms with Crippen molar-refractivity contribution in [2.45, 2.75) is 18.9 Å². The summed E-state index contributed by atoms with van der Waals surface area (Å²) in [6.45, 7) is -1.08. The molecule has 3 amide bonds. The SMILES string of the molecule is NCC(=O)NC(CNC(=O)CCc1ccccc1)C(=O)NCC(=O)O. The van der Waals surface area contributed by atoms with Gasteiger partial charge >= 0.3 is 5.97 Å². The van der Waals surface area contributed by atoms with E-state index in [-0.39, 0.29) is 25.4 Å². The normalized spacial score (nSPS) is 11.2. The van der Waals surface area contributed by atoms with E-state index in [1.807, 2.05) is 30.3 Å². The van der Waals surface area contributed by atoms with Crippen LogP contribution in [0.25, 0.3) is 0 Å². The number of carbonyl (C=O) groups excluding carboxylic acids is 3. The van der Waals surface area contributed by atoms with Gasteiger partial charge in [-0.2, -0.15) is 0 Å². The third-order valence-electron chi connectivity index (χ3n) is 3.24. The third kappa shape index (κ3) is 8.47. The summed E-state index contributed by atoms with van der Waals surface area (Å²) in [6.07, 6.45) is 0.760. The summed E-state index contributed by atoms with van der Waals surface area (Å²) in [5.41, 5.74) is 6.19. The molecule has 25 heavy (non-hydrogen) atoms. The maximum atomic E-state index is 11.9. The third-order valence-corrected chi connectivity index (χ3v) is 3.24. The van der Waals surface area contributed by atoms with Crippen LogP contribution in [0.2, 0.25) is 0 Å². The number of amides is 3. The van der Waals surface area contributed by atoms with Crippen molar-refractivity contribution >= 4 is 23.7 Å². The topological polar surface area (TPSA) is 151 Å². The molecule has 9 heteroatoms. The molecule has 136 valence electrons. The van der Waals surface area contributed by atoms with Crippen molar-refractivity contribution in [1.82, 2.24) is 16.0 Å². The summed E-state index contributed by atoms with van der Waals surface area (Å²) in [6, 6.07) is 8.32. The molecule has 0 radical (unpaired) electrons. The van der Waals surface area contributed by atoms with E-state index in [2.05, 4.69) is 16.0 Å². The molecular formula is C16H22N4O5. The van der Waals surface area contributed by atoms with Crippen molar-refractivity contribution in [2.24, 2.45) is 5.73 Å². The Kier molecular flexibility index (Phi) is 8.66. The van der Waals surface area contributed by atoms with Crippen molar-refractivity contribution in [3.63, 3.8) is 0 Å². The number of nitrogens with two attached hydrogens (primary N) is 1. The van der Waals surface area contributed by atoms with Crippen molar-refractivity contribution in [1.29, 1.82) is 0 Å². The van der Waals surface area contributed by atoms with E-state index in [0.29, 0.717) is 6.42 Å². The van der Waals surface area contributed by atoms with Crippen LogP contribution in [0.1, 0.15) is 12.0 Å². The first-order valence-corrected chi connectivity index (χ1v) is 7.72. The zero-order valence-electron chi connectivity index (χ0n) is 13.7. The molecule has 0 spiro atoms. The summed E-state index contributed by atoms with van der Waals surface area (Å²) in [5, 5.41) is 15.6. The van der Waals surface area contributed by atoms with Gasteiger partial charge in [-0.15, -0.1) is 0 Å². The van der Waals surface area contributed by atoms with Crippen LogP contribution >= 0.6 is 0 Å². The monoisotopic (exact) mass is 350 g/mol. The Morgan fingerprint density at radius 2 is 1.72 bits per heavy atom. The number of carboxylic acids is 1. The number of carboxylic acid groups (broad SMARTS) is 1. The molecule has 0 aliphatic rings. The first-order chi connectivity index (χ1) is 11.9. The molecule has 0 fully saturated rings. The van der Waals surface area contributed by atoms with Gasteiger partial charge in [0.1, 0.15) is 12.6 Å². The van der Waals surface area contributed by atoms with Gasteiger partial charge < -0.3 is 26.8 Å². The molecular weight excluding hydrogens is 328 g/mol. The van der Waals surface area contributed by atoms with Gasteiger partial charge in [-0.1, -0.05) is 30.3 Å². The van der Waals surface area contributed by atoms with E-state index in [0.717, 1.165) is 5.56 Å². The van der Waals surface area contributed by atoms with E-state index >= 15 is 0 Å². The van der Waals surface area contributed by atoms with E-state index in [1.165, 1.54) is 0 Å². The maximum absolute atomic E-state index is 11.9. The van der Waals surface area contributed by atoms with Crippen LogP contribution in [0.4, 0.5) is 0 Å². The number of benzene rings is 1. The van der Waals surface area contributed by atoms with Gasteiger partial charge in [0.25, 0.3) is 0 Å². The zero-order valence-corrected chi connectivity index (χ0v) is 13.7. The molecule has 0 aromatic heterocycles. The smallest absolute Gasteiger partial charge is 0.322 e. The quantitative estimate of drug-likeness (QED) is 0.342. The Bertz CT molecular complexity index is 606. The van der Waals surface area contributed by atoms with Crippen LogP contribution in [-0.2, 0) is 25.6 Å². The Morgan fingerprint density at radius 3 is 2.32 bits per heavy atom. The van der Waals surface area contributed by atoms with Gasteiger partial charge in [0.2, 0.25) is 17.7 Å². The summed E-state index contributed by atoms with van der Waals surface area (Å²) < 4.78 is 0. The Balaban J connectivity index is 2.49. The molecule has 1 rings (SSSR count). The molecule has 0 aliphatic heterocycles. The van der Waals surface area contributed by atoms with E-state index < -0.39 is 30.4 Å². The van der Waals surface area contributed by atoms with Gasteiger partial charge in [-0.05, 0) is 12.0 Å². The largest absolute Gasteiger partial charge is 0.480 e. The van der Waals surface area contributed by atoms with Crippen LogP contribution in [0.15, 0.2) is 30.3 Å². The lowest BCUT2D eigenvalue weighted by atomic mass is 10.1. The van der Waals surface area contributed by atoms with Gasteiger partial charge in [0, 0.05) is 13.0 Å². The number of nitrogens with one attached hydrogen (secondary N) is 3. The Labute approximate surface area is 145 Å². The molecule has 0 heterocycles. The summed E-state index contributed by atoms with van der Waals surface area (Å²) in [7, 11) is 0. The number of rotatable bonds is 10. The minimum absolute atomic E-state index is 0.162. The Morgan fingerprint density at radius 1 is 1.04 bits per heavy atom. The number of hydrogen-bond acceptors (Lipinski definition) is 5. The molecule has 0 saturated carbocycles. The number of hydrogen-bond donors (Lipinski definition) is 5. The first-order valence-electron chi connectivity index (χ1n) is 7.72. The summed E-state index contributed by atoms with van der Waals surface area (Å²) in [5.74, 6) is -2.81. The van der Waals surface area contributed by atoms with E-state index in [9.17, 15) is 19.2 Å². The predicted octanol–water partition coefficient (Wildman–Crippen LogP) is -1.62. The fourth-order valence-electron chi connectivity index (χ4n) is 1.96. The zero-order chi connectivity index (χ0) is 18.7. The molecule has 1 atom stereocenters. The summed E-state index contributed by atoms with van der Waals surface area (Å²) >= 11 is 0. The first kappa shape index (κ1) is 20.1. The lowest BCUT2D eigenvalue weighted by molar-refractivity contribution is -0.138. The average Bonchev–Trinajstić information content (AvgIpc) is 2.61. The predicted molar refractivity (Wildman–Crippen MR) is 89.4 cm³/mol. The van der Waals surface area contributed by atoms with Crippen molar-refractivity contribution < 1.29 is 24.3 Å². The molecule has 1 unspecified atom stereocenters. The van der Waals surface area contributed by atoms with Crippen molar-refractivity contribution in [3.8, 4) is 0 Å². The highest BCUT2D eigenvalue weighted by Crippen LogP contribution is 2.02. The van der Waals surface area contributed by atoms with Gasteiger partial charge in [-0.25, -0.2) is 0 Å². The van der Waals surface area contributed by atoms with Crippen LogP contribution < -0.4 is 21.7 Å². The van der Waals surface area contributed by atoms with E-state index in [1.54, 1.807) is 0 Å². The number of aryl methyl sites for hydroxylation is 1. The number of carbonyl (C=O) groups is 4. The molecule has 6 N–H and O–H groups in total. The van der Waals surface area contributed by atoms with Crippen LogP contribution in [0.3, 0.4) is 0 Å². The second-order valence-electron chi connectivity index (χ2n) is 5.23. The molecule has 0 saturated heterocycles. The lowest BCUT2D eigenvalue weighted by Gasteiger charge is -2.18. The fourth-order valence-corrected chi connectivity index (χ4v) is 1.96. The highest BCUT2D eigenvalue weighted by Gasteiger charge is 2.21. The molecule has 1 aromatic rings. The second-order valence-corrected chi connectivity index (χ2v) is 5.23. The van der Waals surface area contributed by atoms with Crippen LogP contribution in [0.5, 0.6) is 0 Å². The van der Waals surface area contributed by atoms with E-state index in [4.69, 9.17) is 10.8 Å². The standard InChI is InChI=1S/C16H22N4O5/c17-8-14(22)20-12(16(25)19-10-15(23)24)9-18-13(21)7-6-11-4-2-1-3-5-11/h1-5,12H,6-10,17H2,(H,18,21)(H,19,25)(H,20,22)(H,23,24). The molecule has 9 nitrogen and oxygen atoms in total. The minimum atomic E-state index is -1.22. The molecule has 0 aliphatic carbocycles. The van der Waals surface area contributed by atoms with Crippen LogP contribution in [-0.4, -0.2) is 54.5 Å². The van der Waals surface area contributed by atoms with Crippen molar-refractivity contribution in [2.75, 3.05) is 19.6 Å². The van der Waals surface area contributed by atoms with Gasteiger partial charge in [-0.3, -0.25) is 19.2 Å². The van der Waals surface area contributed by atoms with Gasteiger partial charge in [0.05, 0.1) is 6.54 Å². The fraction of sp³-hybridized carbons (Fsp3) is 0.375. The highest BCUT2D eigenvalue weighted by molar-refractivity contribution is 5.90. The number of aliphatic carboxylic acids is 1. The van der Waals surface area contributed by atoms with Crippen LogP contribution in [0, 0.1) is 0 Å². The highest BCUT2D eigenvalue weighted by atomic mass is 16.4. The molecule has 0 bridgehead atoms. The Hall–Kier alpha value is -2.94. The van der Waals surface area contributed by atoms with Crippen molar-refractivity contribution in [3.05, 3.63) is 35.9 Å². The summed E-state index contributed by atoms with van der Waals surface area (Å²) in [4.78, 5) is 45.7. The van der Waals surface area contributed by atoms with Gasteiger partial charge in [0.15, 0.2) is 0 Å². The average molecular weight is 350 g/mol. The second kappa shape index (κ2) is 10.8.